The van der Waals surface area contributed by atoms with Crippen LogP contribution in [0.4, 0.5) is 0 Å². The summed E-state index contributed by atoms with van der Waals surface area (Å²) in [5, 5.41) is 15.8. The second kappa shape index (κ2) is 6.54. The van der Waals surface area contributed by atoms with E-state index in [-0.39, 0.29) is 11.3 Å². The monoisotopic (exact) mass is 318 g/mol. The molecule has 0 spiro atoms. The highest BCUT2D eigenvalue weighted by molar-refractivity contribution is 6.10. The minimum Gasteiger partial charge on any atom is -0.507 e. The van der Waals surface area contributed by atoms with Crippen molar-refractivity contribution in [3.05, 3.63) is 77.4 Å². The lowest BCUT2D eigenvalue weighted by Gasteiger charge is -2.08. The largest absolute Gasteiger partial charge is 0.507 e. The summed E-state index contributed by atoms with van der Waals surface area (Å²) in [5.74, 6) is -0.495. The molecule has 24 heavy (non-hydrogen) atoms. The minimum atomic E-state index is -0.434. The van der Waals surface area contributed by atoms with Gasteiger partial charge in [-0.2, -0.15) is 5.10 Å². The van der Waals surface area contributed by atoms with Gasteiger partial charge in [-0.05, 0) is 36.2 Å². The molecule has 0 aliphatic rings. The van der Waals surface area contributed by atoms with E-state index in [0.717, 1.165) is 16.5 Å². The van der Waals surface area contributed by atoms with Gasteiger partial charge >= 0.3 is 0 Å². The highest BCUT2D eigenvalue weighted by atomic mass is 16.3. The molecule has 2 N–H and O–H groups in total. The maximum Gasteiger partial charge on any atom is 0.275 e. The Balaban J connectivity index is 1.91. The zero-order valence-corrected chi connectivity index (χ0v) is 13.6. The third-order valence-electron chi connectivity index (χ3n) is 3.90. The lowest BCUT2D eigenvalue weighted by Crippen LogP contribution is -2.19. The number of hydrogen-bond donors (Lipinski definition) is 2. The quantitative estimate of drug-likeness (QED) is 0.566. The topological polar surface area (TPSA) is 61.7 Å². The summed E-state index contributed by atoms with van der Waals surface area (Å²) in [5.41, 5.74) is 5.54. The molecule has 0 atom stereocenters. The predicted octanol–water partition coefficient (Wildman–Crippen LogP) is 4.01. The van der Waals surface area contributed by atoms with Gasteiger partial charge < -0.3 is 5.11 Å². The van der Waals surface area contributed by atoms with E-state index in [1.54, 1.807) is 12.1 Å². The molecule has 0 heterocycles. The van der Waals surface area contributed by atoms with E-state index in [9.17, 15) is 9.90 Å². The highest BCUT2D eigenvalue weighted by Gasteiger charge is 2.14. The Morgan fingerprint density at radius 3 is 2.62 bits per heavy atom. The number of aromatic hydroxyl groups is 1. The molecule has 3 aromatic carbocycles. The van der Waals surface area contributed by atoms with Gasteiger partial charge in [0, 0.05) is 0 Å². The number of hydrogen-bond acceptors (Lipinski definition) is 3. The summed E-state index contributed by atoms with van der Waals surface area (Å²) in [6.07, 6.45) is 0. The van der Waals surface area contributed by atoms with Gasteiger partial charge in [-0.1, -0.05) is 60.2 Å². The number of nitrogens with zero attached hydrogens (tertiary/aromatic N) is 1. The number of hydrazone groups is 1. The lowest BCUT2D eigenvalue weighted by molar-refractivity contribution is 0.0954. The first kappa shape index (κ1) is 15.7. The Morgan fingerprint density at radius 1 is 1.04 bits per heavy atom. The number of phenols is 1. The van der Waals surface area contributed by atoms with Crippen LogP contribution in [0.25, 0.3) is 10.8 Å². The van der Waals surface area contributed by atoms with Crippen molar-refractivity contribution in [2.75, 3.05) is 0 Å². The zero-order chi connectivity index (χ0) is 17.1. The maximum atomic E-state index is 12.5. The Bertz CT molecular complexity index is 945. The van der Waals surface area contributed by atoms with Crippen molar-refractivity contribution >= 4 is 22.4 Å². The first-order valence-electron chi connectivity index (χ1n) is 7.68. The SMILES string of the molecule is CC(=NNC(=O)c1c(O)ccc2ccccc12)c1cccc(C)c1. The zero-order valence-electron chi connectivity index (χ0n) is 13.6. The van der Waals surface area contributed by atoms with Crippen molar-refractivity contribution in [2.45, 2.75) is 13.8 Å². The molecule has 4 heteroatoms. The normalized spacial score (nSPS) is 11.5. The van der Waals surface area contributed by atoms with Crippen molar-refractivity contribution in [3.63, 3.8) is 0 Å². The second-order valence-corrected chi connectivity index (χ2v) is 5.69. The Kier molecular flexibility index (Phi) is 4.29. The number of phenolic OH excluding ortho intramolecular Hbond substituents is 1. The Hall–Kier alpha value is -3.14. The summed E-state index contributed by atoms with van der Waals surface area (Å²) < 4.78 is 0. The van der Waals surface area contributed by atoms with Crippen LogP contribution in [0.15, 0.2) is 65.8 Å². The summed E-state index contributed by atoms with van der Waals surface area (Å²) in [6.45, 7) is 3.83. The molecule has 0 aliphatic carbocycles. The molecule has 0 saturated heterocycles. The fraction of sp³-hybridized carbons (Fsp3) is 0.100. The Labute approximate surface area is 140 Å². The molecule has 0 bridgehead atoms. The fourth-order valence-corrected chi connectivity index (χ4v) is 2.62. The number of fused-ring (bicyclic) bond motifs is 1. The molecule has 3 aromatic rings. The lowest BCUT2D eigenvalue weighted by atomic mass is 10.0. The van der Waals surface area contributed by atoms with Crippen molar-refractivity contribution in [3.8, 4) is 5.75 Å². The highest BCUT2D eigenvalue weighted by Crippen LogP contribution is 2.26. The van der Waals surface area contributed by atoms with E-state index in [0.29, 0.717) is 11.1 Å². The van der Waals surface area contributed by atoms with E-state index < -0.39 is 5.91 Å². The molecule has 3 rings (SSSR count). The molecule has 0 aliphatic heterocycles. The standard InChI is InChI=1S/C20H18N2O2/c1-13-6-5-8-16(12-13)14(2)21-22-20(24)19-17-9-4-3-7-15(17)10-11-18(19)23/h3-12,23H,1-2H3,(H,22,24). The van der Waals surface area contributed by atoms with E-state index in [1.165, 1.54) is 6.07 Å². The molecule has 1 amide bonds. The first-order valence-corrected chi connectivity index (χ1v) is 7.68. The summed E-state index contributed by atoms with van der Waals surface area (Å²) in [6, 6.07) is 18.6. The maximum absolute atomic E-state index is 12.5. The van der Waals surface area contributed by atoms with Crippen LogP contribution < -0.4 is 5.43 Å². The van der Waals surface area contributed by atoms with Gasteiger partial charge in [-0.3, -0.25) is 4.79 Å². The third-order valence-corrected chi connectivity index (χ3v) is 3.90. The molecule has 0 radical (unpaired) electrons. The van der Waals surface area contributed by atoms with Gasteiger partial charge in [-0.15, -0.1) is 0 Å². The number of nitrogens with one attached hydrogen (secondary N) is 1. The van der Waals surface area contributed by atoms with Crippen molar-refractivity contribution in [1.29, 1.82) is 0 Å². The average molecular weight is 318 g/mol. The van der Waals surface area contributed by atoms with Gasteiger partial charge in [-0.25, -0.2) is 5.43 Å². The number of amides is 1. The van der Waals surface area contributed by atoms with Crippen LogP contribution in [0.1, 0.15) is 28.4 Å². The summed E-state index contributed by atoms with van der Waals surface area (Å²) in [7, 11) is 0. The van der Waals surface area contributed by atoms with E-state index in [1.807, 2.05) is 56.3 Å². The van der Waals surface area contributed by atoms with E-state index in [4.69, 9.17) is 0 Å². The van der Waals surface area contributed by atoms with Crippen LogP contribution in [0.3, 0.4) is 0 Å². The number of carbonyl (C=O) groups excluding carboxylic acids is 1. The average Bonchev–Trinajstić information content (AvgIpc) is 2.59. The van der Waals surface area contributed by atoms with E-state index >= 15 is 0 Å². The molecular weight excluding hydrogens is 300 g/mol. The van der Waals surface area contributed by atoms with Crippen LogP contribution in [0.2, 0.25) is 0 Å². The smallest absolute Gasteiger partial charge is 0.275 e. The van der Waals surface area contributed by atoms with Crippen molar-refractivity contribution in [2.24, 2.45) is 5.10 Å². The number of benzene rings is 3. The second-order valence-electron chi connectivity index (χ2n) is 5.69. The minimum absolute atomic E-state index is 0.0605. The Morgan fingerprint density at radius 2 is 1.83 bits per heavy atom. The number of carbonyl (C=O) groups is 1. The molecular formula is C20H18N2O2. The van der Waals surface area contributed by atoms with Crippen LogP contribution in [0.5, 0.6) is 5.75 Å². The molecule has 0 unspecified atom stereocenters. The third kappa shape index (κ3) is 3.13. The molecule has 0 fully saturated rings. The van der Waals surface area contributed by atoms with Crippen molar-refractivity contribution in [1.82, 2.24) is 5.43 Å². The van der Waals surface area contributed by atoms with Crippen molar-refractivity contribution < 1.29 is 9.90 Å². The van der Waals surface area contributed by atoms with Gasteiger partial charge in [0.25, 0.3) is 5.91 Å². The van der Waals surface area contributed by atoms with Crippen LogP contribution in [-0.4, -0.2) is 16.7 Å². The van der Waals surface area contributed by atoms with Crippen LogP contribution >= 0.6 is 0 Å². The summed E-state index contributed by atoms with van der Waals surface area (Å²) >= 11 is 0. The number of rotatable bonds is 3. The van der Waals surface area contributed by atoms with E-state index in [2.05, 4.69) is 10.5 Å². The van der Waals surface area contributed by atoms with Gasteiger partial charge in [0.15, 0.2) is 0 Å². The molecule has 120 valence electrons. The van der Waals surface area contributed by atoms with Gasteiger partial charge in [0.05, 0.1) is 11.3 Å². The van der Waals surface area contributed by atoms with Crippen LogP contribution in [-0.2, 0) is 0 Å². The first-order chi connectivity index (χ1) is 11.6. The van der Waals surface area contributed by atoms with Gasteiger partial charge in [0.1, 0.15) is 5.75 Å². The number of aryl methyl sites for hydroxylation is 1. The molecule has 0 aromatic heterocycles. The molecule has 0 saturated carbocycles. The summed E-state index contributed by atoms with van der Waals surface area (Å²) in [4.78, 5) is 12.5. The van der Waals surface area contributed by atoms with Gasteiger partial charge in [0.2, 0.25) is 0 Å². The predicted molar refractivity (Wildman–Crippen MR) is 96.5 cm³/mol. The van der Waals surface area contributed by atoms with Crippen LogP contribution in [0, 0.1) is 6.92 Å². The fourth-order valence-electron chi connectivity index (χ4n) is 2.62. The molecule has 4 nitrogen and oxygen atoms in total.